The van der Waals surface area contributed by atoms with E-state index >= 15 is 0 Å². The van der Waals surface area contributed by atoms with Gasteiger partial charge in [0.05, 0.1) is 18.8 Å². The Morgan fingerprint density at radius 2 is 2.29 bits per heavy atom. The molecular weight excluding hydrogens is 358 g/mol. The van der Waals surface area contributed by atoms with Gasteiger partial charge in [0, 0.05) is 69.1 Å². The highest BCUT2D eigenvalue weighted by atomic mass is 16.5. The third kappa shape index (κ3) is 3.88. The van der Waals surface area contributed by atoms with Crippen molar-refractivity contribution < 1.29 is 9.53 Å². The molecule has 2 N–H and O–H groups in total. The lowest BCUT2D eigenvalue weighted by atomic mass is 9.78. The maximum absolute atomic E-state index is 12.7. The number of nitrogens with one attached hydrogen (secondary N) is 2. The number of nitrogens with zero attached hydrogens (tertiary/aromatic N) is 3. The summed E-state index contributed by atoms with van der Waals surface area (Å²) in [6, 6.07) is 5.49. The molecule has 1 saturated heterocycles. The van der Waals surface area contributed by atoms with Crippen LogP contribution in [-0.4, -0.2) is 58.9 Å². The zero-order valence-electron chi connectivity index (χ0n) is 16.1. The Kier molecular flexibility index (Phi) is 5.59. The minimum Gasteiger partial charge on any atom is -0.384 e. The molecule has 0 unspecified atom stereocenters. The van der Waals surface area contributed by atoms with Crippen molar-refractivity contribution in [2.24, 2.45) is 5.92 Å². The molecule has 0 aromatic carbocycles. The average Bonchev–Trinajstić information content (AvgIpc) is 3.19. The number of carbonyl (C=O) groups excluding carboxylic acids is 1. The normalized spacial score (nSPS) is 24.0. The van der Waals surface area contributed by atoms with Gasteiger partial charge >= 0.3 is 0 Å². The molecular formula is C20H27N5O3. The van der Waals surface area contributed by atoms with Crippen LogP contribution in [0.15, 0.2) is 35.4 Å². The highest BCUT2D eigenvalue weighted by Gasteiger charge is 2.40. The number of aromatic amines is 1. The minimum absolute atomic E-state index is 0.0200. The lowest BCUT2D eigenvalue weighted by molar-refractivity contribution is -0.122. The fourth-order valence-electron chi connectivity index (χ4n) is 4.65. The first-order valence-electron chi connectivity index (χ1n) is 9.83. The highest BCUT2D eigenvalue weighted by Crippen LogP contribution is 2.41. The summed E-state index contributed by atoms with van der Waals surface area (Å²) in [6.45, 7) is 3.54. The summed E-state index contributed by atoms with van der Waals surface area (Å²) in [7, 11) is 1.58. The number of pyridine rings is 1. The van der Waals surface area contributed by atoms with E-state index < -0.39 is 0 Å². The first-order chi connectivity index (χ1) is 13.7. The molecule has 2 bridgehead atoms. The quantitative estimate of drug-likeness (QED) is 0.738. The Morgan fingerprint density at radius 1 is 1.39 bits per heavy atom. The molecule has 1 amide bonds. The van der Waals surface area contributed by atoms with Crippen molar-refractivity contribution in [2.45, 2.75) is 31.3 Å². The Bertz CT molecular complexity index is 863. The van der Waals surface area contributed by atoms with E-state index in [0.717, 1.165) is 37.3 Å². The van der Waals surface area contributed by atoms with Gasteiger partial charge < -0.3 is 14.6 Å². The number of hydrogen-bond acceptors (Lipinski definition) is 5. The topological polar surface area (TPSA) is 92.2 Å². The van der Waals surface area contributed by atoms with Crippen molar-refractivity contribution in [3.8, 4) is 0 Å². The van der Waals surface area contributed by atoms with Crippen molar-refractivity contribution in [2.75, 3.05) is 33.4 Å². The number of aromatic nitrogens is 3. The molecule has 2 aliphatic heterocycles. The predicted octanol–water partition coefficient (Wildman–Crippen LogP) is 0.885. The van der Waals surface area contributed by atoms with E-state index in [-0.39, 0.29) is 17.5 Å². The van der Waals surface area contributed by atoms with Crippen LogP contribution in [-0.2, 0) is 16.1 Å². The molecule has 2 aromatic rings. The largest absolute Gasteiger partial charge is 0.384 e. The number of likely N-dealkylation sites (tertiary alicyclic amines) is 1. The lowest BCUT2D eigenvalue weighted by Crippen LogP contribution is -2.51. The van der Waals surface area contributed by atoms with Crippen LogP contribution < -0.4 is 10.9 Å². The average molecular weight is 385 g/mol. The van der Waals surface area contributed by atoms with E-state index in [0.29, 0.717) is 31.4 Å². The summed E-state index contributed by atoms with van der Waals surface area (Å²) >= 11 is 0. The Balaban J connectivity index is 1.55. The third-order valence-electron chi connectivity index (χ3n) is 5.88. The number of amides is 1. The van der Waals surface area contributed by atoms with Gasteiger partial charge in [-0.05, 0) is 18.4 Å². The maximum Gasteiger partial charge on any atom is 0.251 e. The van der Waals surface area contributed by atoms with Crippen LogP contribution in [0.25, 0.3) is 0 Å². The fraction of sp³-hybridized carbons (Fsp3) is 0.550. The van der Waals surface area contributed by atoms with Crippen LogP contribution in [0.4, 0.5) is 0 Å². The molecule has 0 saturated carbocycles. The van der Waals surface area contributed by atoms with Crippen LogP contribution in [0, 0.1) is 5.92 Å². The maximum atomic E-state index is 12.7. The van der Waals surface area contributed by atoms with Crippen molar-refractivity contribution in [1.82, 2.24) is 25.0 Å². The molecule has 0 spiro atoms. The SMILES string of the molecule is COCCC(=O)NC[C@H]1[C@H]2C[C@H](CN(Cc3cn[nH]c3)C2)c2cccc(=O)n21. The summed E-state index contributed by atoms with van der Waals surface area (Å²) < 4.78 is 6.90. The number of piperidine rings is 1. The Hall–Kier alpha value is -2.45. The van der Waals surface area contributed by atoms with Gasteiger partial charge in [-0.2, -0.15) is 5.10 Å². The van der Waals surface area contributed by atoms with Crippen molar-refractivity contribution in [1.29, 1.82) is 0 Å². The van der Waals surface area contributed by atoms with Gasteiger partial charge in [0.2, 0.25) is 5.91 Å². The van der Waals surface area contributed by atoms with Crippen molar-refractivity contribution in [3.05, 3.63) is 52.2 Å². The van der Waals surface area contributed by atoms with E-state index in [4.69, 9.17) is 4.74 Å². The van der Waals surface area contributed by atoms with E-state index in [2.05, 4.69) is 26.5 Å². The second-order valence-electron chi connectivity index (χ2n) is 7.77. The molecule has 1 fully saturated rings. The number of ether oxygens (including phenoxy) is 1. The molecule has 3 atom stereocenters. The van der Waals surface area contributed by atoms with Crippen molar-refractivity contribution in [3.63, 3.8) is 0 Å². The number of rotatable bonds is 7. The van der Waals surface area contributed by atoms with Gasteiger partial charge in [-0.25, -0.2) is 0 Å². The summed E-state index contributed by atoms with van der Waals surface area (Å²) in [4.78, 5) is 27.2. The highest BCUT2D eigenvalue weighted by molar-refractivity contribution is 5.75. The van der Waals surface area contributed by atoms with E-state index in [1.165, 1.54) is 0 Å². The van der Waals surface area contributed by atoms with E-state index in [1.54, 1.807) is 13.2 Å². The second kappa shape index (κ2) is 8.28. The number of H-pyrrole nitrogens is 1. The van der Waals surface area contributed by atoms with Gasteiger partial charge in [0.15, 0.2) is 0 Å². The number of fused-ring (bicyclic) bond motifs is 4. The number of carbonyl (C=O) groups is 1. The van der Waals surface area contributed by atoms with Gasteiger partial charge in [0.25, 0.3) is 5.56 Å². The molecule has 28 heavy (non-hydrogen) atoms. The molecule has 8 heteroatoms. The van der Waals surface area contributed by atoms with Gasteiger partial charge in [0.1, 0.15) is 0 Å². The van der Waals surface area contributed by atoms with Crippen LogP contribution in [0.2, 0.25) is 0 Å². The standard InChI is InChI=1S/C20H27N5O3/c1-28-6-5-19(26)21-10-18-16-7-15(17-3-2-4-20(27)25(17)18)12-24(13-16)11-14-8-22-23-9-14/h2-4,8-9,15-16,18H,5-7,10-13H2,1H3,(H,21,26)(H,22,23)/t15-,16+,18+/m1/s1. The summed E-state index contributed by atoms with van der Waals surface area (Å²) in [5.74, 6) is 0.613. The van der Waals surface area contributed by atoms with Gasteiger partial charge in [-0.15, -0.1) is 0 Å². The monoisotopic (exact) mass is 385 g/mol. The molecule has 0 aliphatic carbocycles. The van der Waals surface area contributed by atoms with Gasteiger partial charge in [-0.1, -0.05) is 6.07 Å². The minimum atomic E-state index is -0.0411. The third-order valence-corrected chi connectivity index (χ3v) is 5.88. The number of hydrogen-bond donors (Lipinski definition) is 2. The Morgan fingerprint density at radius 3 is 3.07 bits per heavy atom. The van der Waals surface area contributed by atoms with Crippen molar-refractivity contribution >= 4 is 5.91 Å². The van der Waals surface area contributed by atoms with Crippen LogP contribution in [0.3, 0.4) is 0 Å². The van der Waals surface area contributed by atoms with Crippen LogP contribution in [0.5, 0.6) is 0 Å². The van der Waals surface area contributed by atoms with Crippen LogP contribution in [0.1, 0.15) is 36.1 Å². The lowest BCUT2D eigenvalue weighted by Gasteiger charge is -2.47. The molecule has 0 radical (unpaired) electrons. The molecule has 2 aliphatic rings. The fourth-order valence-corrected chi connectivity index (χ4v) is 4.65. The van der Waals surface area contributed by atoms with Gasteiger partial charge in [-0.3, -0.25) is 19.6 Å². The van der Waals surface area contributed by atoms with E-state index in [9.17, 15) is 9.59 Å². The molecule has 4 heterocycles. The molecule has 2 aromatic heterocycles. The summed E-state index contributed by atoms with van der Waals surface area (Å²) in [5.41, 5.74) is 2.26. The molecule has 150 valence electrons. The predicted molar refractivity (Wildman–Crippen MR) is 104 cm³/mol. The summed E-state index contributed by atoms with van der Waals surface area (Å²) in [5, 5.41) is 9.92. The first kappa shape index (κ1) is 18.9. The molecule has 4 rings (SSSR count). The smallest absolute Gasteiger partial charge is 0.251 e. The zero-order valence-corrected chi connectivity index (χ0v) is 16.1. The number of methoxy groups -OCH3 is 1. The van der Waals surface area contributed by atoms with Crippen LogP contribution >= 0.6 is 0 Å². The Labute approximate surface area is 163 Å². The first-order valence-corrected chi connectivity index (χ1v) is 9.83. The molecule has 8 nitrogen and oxygen atoms in total. The van der Waals surface area contributed by atoms with E-state index in [1.807, 2.05) is 23.0 Å². The zero-order chi connectivity index (χ0) is 19.5. The second-order valence-corrected chi connectivity index (χ2v) is 7.77. The summed E-state index contributed by atoms with van der Waals surface area (Å²) in [6.07, 6.45) is 5.16.